The second kappa shape index (κ2) is 15.4. The first-order valence-electron chi connectivity index (χ1n) is 13.7. The molecule has 2 N–H and O–H groups in total. The Bertz CT molecular complexity index is 1370. The molecule has 3 aromatic rings. The molecule has 0 saturated carbocycles. The van der Waals surface area contributed by atoms with E-state index in [9.17, 15) is 19.7 Å². The van der Waals surface area contributed by atoms with Crippen LogP contribution in [-0.4, -0.2) is 51.9 Å². The van der Waals surface area contributed by atoms with Crippen molar-refractivity contribution in [3.05, 3.63) is 100 Å². The summed E-state index contributed by atoms with van der Waals surface area (Å²) in [6.07, 6.45) is 5.35. The maximum atomic E-state index is 13.0. The number of nitro groups is 1. The topological polar surface area (TPSA) is 123 Å². The van der Waals surface area contributed by atoms with Crippen molar-refractivity contribution in [3.8, 4) is 11.1 Å². The summed E-state index contributed by atoms with van der Waals surface area (Å²) >= 11 is 3.02. The maximum absolute atomic E-state index is 13.0. The zero-order valence-corrected chi connectivity index (χ0v) is 25.2. The number of benzene rings is 2. The number of hydrogen-bond acceptors (Lipinski definition) is 8. The van der Waals surface area contributed by atoms with Crippen LogP contribution in [-0.2, 0) is 9.53 Å². The van der Waals surface area contributed by atoms with Crippen molar-refractivity contribution < 1.29 is 19.2 Å². The number of pyridine rings is 1. The van der Waals surface area contributed by atoms with Gasteiger partial charge in [-0.1, -0.05) is 81.0 Å². The highest BCUT2D eigenvalue weighted by Crippen LogP contribution is 2.44. The second-order valence-corrected chi connectivity index (χ2v) is 11.9. The molecule has 0 aliphatic heterocycles. The van der Waals surface area contributed by atoms with Gasteiger partial charge < -0.3 is 15.4 Å². The van der Waals surface area contributed by atoms with E-state index in [1.807, 2.05) is 50.3 Å². The van der Waals surface area contributed by atoms with E-state index in [1.54, 1.807) is 17.8 Å². The molecule has 0 saturated heterocycles. The Morgan fingerprint density at radius 3 is 2.33 bits per heavy atom. The highest BCUT2D eigenvalue weighted by Gasteiger charge is 2.30. The van der Waals surface area contributed by atoms with Crippen LogP contribution in [0.1, 0.15) is 37.3 Å². The van der Waals surface area contributed by atoms with Gasteiger partial charge in [0.25, 0.3) is 5.69 Å². The Morgan fingerprint density at radius 1 is 1.05 bits per heavy atom. The highest BCUT2D eigenvalue weighted by atomic mass is 32.2. The van der Waals surface area contributed by atoms with Gasteiger partial charge in [0, 0.05) is 23.5 Å². The summed E-state index contributed by atoms with van der Waals surface area (Å²) in [4.78, 5) is 40.1. The third-order valence-electron chi connectivity index (χ3n) is 7.10. The molecule has 220 valence electrons. The molecule has 2 atom stereocenters. The van der Waals surface area contributed by atoms with E-state index in [2.05, 4.69) is 39.9 Å². The van der Waals surface area contributed by atoms with E-state index in [0.29, 0.717) is 22.4 Å². The van der Waals surface area contributed by atoms with Gasteiger partial charge in [0.15, 0.2) is 0 Å². The van der Waals surface area contributed by atoms with Gasteiger partial charge in [0.05, 0.1) is 15.8 Å². The number of carbonyl (C=O) groups is 2. The fourth-order valence-electron chi connectivity index (χ4n) is 4.66. The Morgan fingerprint density at radius 2 is 1.71 bits per heavy atom. The summed E-state index contributed by atoms with van der Waals surface area (Å²) in [6, 6.07) is 18.7. The smallest absolute Gasteiger partial charge is 0.407 e. The summed E-state index contributed by atoms with van der Waals surface area (Å²) in [5, 5.41) is 17.1. The normalized spacial score (nSPS) is 13.7. The van der Waals surface area contributed by atoms with Gasteiger partial charge in [-0.25, -0.2) is 9.78 Å². The van der Waals surface area contributed by atoms with Gasteiger partial charge in [0.2, 0.25) is 5.91 Å². The van der Waals surface area contributed by atoms with Gasteiger partial charge in [-0.2, -0.15) is 0 Å². The zero-order chi connectivity index (χ0) is 29.9. The monoisotopic (exact) mass is 606 g/mol. The predicted molar refractivity (Wildman–Crippen MR) is 168 cm³/mol. The lowest BCUT2D eigenvalue weighted by Gasteiger charge is -2.23. The number of nitrogens with one attached hydrogen (secondary N) is 2. The first-order chi connectivity index (χ1) is 20.4. The van der Waals surface area contributed by atoms with E-state index in [0.717, 1.165) is 28.7 Å². The van der Waals surface area contributed by atoms with E-state index in [-0.39, 0.29) is 30.0 Å². The maximum Gasteiger partial charge on any atom is 0.407 e. The molecular formula is C31H34N4O5S2. The molecule has 1 heterocycles. The van der Waals surface area contributed by atoms with Crippen LogP contribution in [0.5, 0.6) is 0 Å². The Balaban J connectivity index is 1.19. The van der Waals surface area contributed by atoms with Crippen molar-refractivity contribution in [2.45, 2.75) is 37.3 Å². The number of nitrogens with zero attached hydrogens (tertiary/aromatic N) is 2. The molecule has 11 heteroatoms. The fraction of sp³-hybridized carbons (Fsp3) is 0.323. The lowest BCUT2D eigenvalue weighted by Crippen LogP contribution is -2.50. The summed E-state index contributed by atoms with van der Waals surface area (Å²) < 4.78 is 5.66. The molecule has 2 amide bonds. The van der Waals surface area contributed by atoms with Crippen LogP contribution in [0.4, 0.5) is 10.5 Å². The van der Waals surface area contributed by atoms with Crippen molar-refractivity contribution in [2.24, 2.45) is 5.92 Å². The van der Waals surface area contributed by atoms with E-state index in [4.69, 9.17) is 4.74 Å². The molecule has 0 fully saturated rings. The molecule has 2 aromatic carbocycles. The van der Waals surface area contributed by atoms with Crippen LogP contribution in [0, 0.1) is 16.0 Å². The van der Waals surface area contributed by atoms with Crippen molar-refractivity contribution in [3.63, 3.8) is 0 Å². The van der Waals surface area contributed by atoms with Gasteiger partial charge in [-0.3, -0.25) is 14.9 Å². The minimum atomic E-state index is -0.701. The van der Waals surface area contributed by atoms with Gasteiger partial charge in [0.1, 0.15) is 18.8 Å². The molecular weight excluding hydrogens is 572 g/mol. The Kier molecular flexibility index (Phi) is 11.4. The van der Waals surface area contributed by atoms with Crippen LogP contribution in [0.2, 0.25) is 0 Å². The number of ether oxygens (including phenoxy) is 1. The molecule has 1 aliphatic carbocycles. The number of aromatic nitrogens is 1. The molecule has 1 aromatic heterocycles. The van der Waals surface area contributed by atoms with E-state index < -0.39 is 17.1 Å². The van der Waals surface area contributed by atoms with Crippen LogP contribution in [0.3, 0.4) is 0 Å². The van der Waals surface area contributed by atoms with Crippen molar-refractivity contribution in [1.29, 1.82) is 0 Å². The predicted octanol–water partition coefficient (Wildman–Crippen LogP) is 6.40. The summed E-state index contributed by atoms with van der Waals surface area (Å²) in [6.45, 7) is 4.10. The lowest BCUT2D eigenvalue weighted by atomic mass is 9.98. The first-order valence-corrected chi connectivity index (χ1v) is 15.9. The van der Waals surface area contributed by atoms with Crippen molar-refractivity contribution >= 4 is 41.2 Å². The van der Waals surface area contributed by atoms with E-state index in [1.165, 1.54) is 24.0 Å². The molecule has 42 heavy (non-hydrogen) atoms. The van der Waals surface area contributed by atoms with Gasteiger partial charge in [-0.05, 0) is 34.2 Å². The summed E-state index contributed by atoms with van der Waals surface area (Å²) in [5.41, 5.74) is 4.56. The number of rotatable bonds is 14. The molecule has 0 bridgehead atoms. The minimum absolute atomic E-state index is 0.0302. The number of amides is 2. The fourth-order valence-corrected chi connectivity index (χ4v) is 5.99. The zero-order valence-electron chi connectivity index (χ0n) is 23.5. The SMILES string of the molecule is CC[C@H](C)[C@H](NC(=O)OCC1c2ccccc2-c2ccccc21)C(=O)NCSC/C=C\CSc1ccc([N+](=O)[O-])cn1. The number of alkyl carbamates (subject to hydrolysis) is 1. The molecule has 4 rings (SSSR count). The van der Waals surface area contributed by atoms with Gasteiger partial charge >= 0.3 is 6.09 Å². The molecule has 1 aliphatic rings. The van der Waals surface area contributed by atoms with Crippen LogP contribution < -0.4 is 10.6 Å². The van der Waals surface area contributed by atoms with Crippen LogP contribution in [0.15, 0.2) is 84.0 Å². The summed E-state index contributed by atoms with van der Waals surface area (Å²) in [5.74, 6) is 1.42. The molecule has 0 radical (unpaired) electrons. The van der Waals surface area contributed by atoms with E-state index >= 15 is 0 Å². The first kappa shape index (κ1) is 31.1. The largest absolute Gasteiger partial charge is 0.449 e. The van der Waals surface area contributed by atoms with Crippen molar-refractivity contribution in [1.82, 2.24) is 15.6 Å². The molecule has 0 unspecified atom stereocenters. The van der Waals surface area contributed by atoms with Crippen LogP contribution in [0.25, 0.3) is 11.1 Å². The molecule has 0 spiro atoms. The lowest BCUT2D eigenvalue weighted by molar-refractivity contribution is -0.385. The second-order valence-electron chi connectivity index (χ2n) is 9.78. The summed E-state index contributed by atoms with van der Waals surface area (Å²) in [7, 11) is 0. The number of carbonyl (C=O) groups excluding carboxylic acids is 2. The Hall–Kier alpha value is -3.83. The van der Waals surface area contributed by atoms with Gasteiger partial charge in [-0.15, -0.1) is 23.5 Å². The third-order valence-corrected chi connectivity index (χ3v) is 8.77. The third kappa shape index (κ3) is 8.13. The van der Waals surface area contributed by atoms with Crippen molar-refractivity contribution in [2.75, 3.05) is 24.0 Å². The highest BCUT2D eigenvalue weighted by molar-refractivity contribution is 7.99. The average Bonchev–Trinajstić information content (AvgIpc) is 3.33. The average molecular weight is 607 g/mol. The number of thioether (sulfide) groups is 2. The Labute approximate surface area is 254 Å². The molecule has 9 nitrogen and oxygen atoms in total. The quantitative estimate of drug-likeness (QED) is 0.0540. The van der Waals surface area contributed by atoms with Crippen LogP contribution >= 0.6 is 23.5 Å². The number of hydrogen-bond donors (Lipinski definition) is 2. The minimum Gasteiger partial charge on any atom is -0.449 e. The number of fused-ring (bicyclic) bond motifs is 3. The standard InChI is InChI=1S/C31H34N4O5S2/c1-3-21(2)29(30(36)33-20-41-16-8-9-17-42-28-15-14-22(18-32-28)35(38)39)34-31(37)40-19-27-25-12-6-4-10-23(25)24-11-5-7-13-26(24)27/h4-15,18,21,27,29H,3,16-17,19-20H2,1-2H3,(H,33,36)(H,34,37)/b9-8-/t21-,29-/m0/s1.